The fourth-order valence-electron chi connectivity index (χ4n) is 0.977. The average molecular weight is 276 g/mol. The summed E-state index contributed by atoms with van der Waals surface area (Å²) in [5.41, 5.74) is 0. The van der Waals surface area contributed by atoms with Crippen LogP contribution in [0.2, 0.25) is 0 Å². The van der Waals surface area contributed by atoms with Crippen LogP contribution < -0.4 is 14.6 Å². The quantitative estimate of drug-likeness (QED) is 0.648. The molecule has 0 fully saturated rings. The standard InChI is InChI=1S/C8H10O.C3H10N2O3S/c1-2-9-8-6-4-3-5-7-8;4-9(7,8)5-2-1-3-6/h3-7H,2H2,1H3;5-6H,1-3H2,(H2,4,7,8). The highest BCUT2D eigenvalue weighted by atomic mass is 32.2. The fourth-order valence-corrected chi connectivity index (χ4v) is 1.41. The van der Waals surface area contributed by atoms with E-state index >= 15 is 0 Å². The van der Waals surface area contributed by atoms with Crippen LogP contribution in [0.1, 0.15) is 13.3 Å². The zero-order chi connectivity index (χ0) is 13.9. The maximum atomic E-state index is 10.1. The van der Waals surface area contributed by atoms with Crippen molar-refractivity contribution in [3.8, 4) is 5.75 Å². The average Bonchev–Trinajstić information content (AvgIpc) is 2.30. The number of aliphatic hydroxyl groups excluding tert-OH is 1. The lowest BCUT2D eigenvalue weighted by molar-refractivity contribution is 0.289. The summed E-state index contributed by atoms with van der Waals surface area (Å²) < 4.78 is 27.4. The molecule has 1 aromatic rings. The Labute approximate surface area is 108 Å². The highest BCUT2D eigenvalue weighted by Crippen LogP contribution is 2.06. The molecule has 0 unspecified atom stereocenters. The second kappa shape index (κ2) is 9.84. The number of rotatable bonds is 6. The van der Waals surface area contributed by atoms with E-state index in [9.17, 15) is 8.42 Å². The molecule has 0 saturated carbocycles. The van der Waals surface area contributed by atoms with Gasteiger partial charge in [0.1, 0.15) is 5.75 Å². The van der Waals surface area contributed by atoms with Crippen LogP contribution in [0.5, 0.6) is 5.75 Å². The molecule has 0 saturated heterocycles. The van der Waals surface area contributed by atoms with E-state index in [0.717, 1.165) is 12.4 Å². The van der Waals surface area contributed by atoms with Crippen molar-refractivity contribution in [3.63, 3.8) is 0 Å². The van der Waals surface area contributed by atoms with Gasteiger partial charge in [-0.15, -0.1) is 0 Å². The number of benzene rings is 1. The Balaban J connectivity index is 0.000000321. The largest absolute Gasteiger partial charge is 0.494 e. The maximum absolute atomic E-state index is 10.1. The Bertz CT molecular complexity index is 395. The molecule has 0 bridgehead atoms. The van der Waals surface area contributed by atoms with Gasteiger partial charge in [-0.05, 0) is 25.5 Å². The van der Waals surface area contributed by atoms with Gasteiger partial charge in [-0.25, -0.2) is 9.86 Å². The highest BCUT2D eigenvalue weighted by molar-refractivity contribution is 7.87. The minimum absolute atomic E-state index is 0.0392. The Morgan fingerprint density at radius 1 is 1.33 bits per heavy atom. The second-order valence-corrected chi connectivity index (χ2v) is 4.64. The van der Waals surface area contributed by atoms with Crippen molar-refractivity contribution in [2.24, 2.45) is 5.14 Å². The fraction of sp³-hybridized carbons (Fsp3) is 0.455. The summed E-state index contributed by atoms with van der Waals surface area (Å²) in [4.78, 5) is 0. The van der Waals surface area contributed by atoms with Crippen molar-refractivity contribution < 1.29 is 18.3 Å². The van der Waals surface area contributed by atoms with Gasteiger partial charge < -0.3 is 9.84 Å². The van der Waals surface area contributed by atoms with Crippen LogP contribution in [0.15, 0.2) is 30.3 Å². The Morgan fingerprint density at radius 2 is 1.94 bits per heavy atom. The highest BCUT2D eigenvalue weighted by Gasteiger charge is 1.96. The third-order valence-electron chi connectivity index (χ3n) is 1.69. The molecule has 18 heavy (non-hydrogen) atoms. The van der Waals surface area contributed by atoms with E-state index in [1.165, 1.54) is 0 Å². The van der Waals surface area contributed by atoms with Gasteiger partial charge in [-0.3, -0.25) is 0 Å². The first-order valence-corrected chi connectivity index (χ1v) is 7.10. The molecule has 104 valence electrons. The lowest BCUT2D eigenvalue weighted by Gasteiger charge is -1.99. The molecule has 0 radical (unpaired) electrons. The minimum Gasteiger partial charge on any atom is -0.494 e. The zero-order valence-corrected chi connectivity index (χ0v) is 11.2. The molecule has 0 atom stereocenters. The van der Waals surface area contributed by atoms with Crippen molar-refractivity contribution in [2.45, 2.75) is 13.3 Å². The van der Waals surface area contributed by atoms with Gasteiger partial charge in [-0.2, -0.15) is 8.42 Å². The molecule has 7 heteroatoms. The summed E-state index contributed by atoms with van der Waals surface area (Å²) in [5.74, 6) is 0.944. The van der Waals surface area contributed by atoms with Crippen LogP contribution in [0.3, 0.4) is 0 Å². The predicted molar refractivity (Wildman–Crippen MR) is 70.4 cm³/mol. The molecular formula is C11H20N2O4S. The van der Waals surface area contributed by atoms with Crippen molar-refractivity contribution in [3.05, 3.63) is 30.3 Å². The van der Waals surface area contributed by atoms with E-state index in [2.05, 4.69) is 5.14 Å². The minimum atomic E-state index is -3.56. The van der Waals surface area contributed by atoms with Crippen LogP contribution in [-0.2, 0) is 10.2 Å². The molecule has 1 aromatic carbocycles. The van der Waals surface area contributed by atoms with Gasteiger partial charge >= 0.3 is 0 Å². The molecule has 0 spiro atoms. The molecule has 6 nitrogen and oxygen atoms in total. The molecule has 0 aromatic heterocycles. The monoisotopic (exact) mass is 276 g/mol. The molecule has 0 aliphatic heterocycles. The van der Waals surface area contributed by atoms with Crippen LogP contribution in [-0.4, -0.2) is 33.3 Å². The van der Waals surface area contributed by atoms with E-state index in [4.69, 9.17) is 9.84 Å². The topological polar surface area (TPSA) is 102 Å². The van der Waals surface area contributed by atoms with E-state index in [1.54, 1.807) is 0 Å². The number of nitrogens with one attached hydrogen (secondary N) is 1. The number of aliphatic hydroxyl groups is 1. The number of ether oxygens (including phenoxy) is 1. The summed E-state index contributed by atoms with van der Waals surface area (Å²) in [7, 11) is -3.56. The maximum Gasteiger partial charge on any atom is 0.274 e. The Kier molecular flexibility index (Phi) is 9.21. The van der Waals surface area contributed by atoms with Crippen molar-refractivity contribution in [2.75, 3.05) is 19.8 Å². The van der Waals surface area contributed by atoms with Crippen molar-refractivity contribution >= 4 is 10.2 Å². The predicted octanol–water partition coefficient (Wildman–Crippen LogP) is 0.247. The van der Waals surface area contributed by atoms with Crippen LogP contribution in [0, 0.1) is 0 Å². The Morgan fingerprint density at radius 3 is 2.39 bits per heavy atom. The summed E-state index contributed by atoms with van der Waals surface area (Å²) in [6.07, 6.45) is 0.385. The lowest BCUT2D eigenvalue weighted by atomic mass is 10.3. The third-order valence-corrected chi connectivity index (χ3v) is 2.30. The van der Waals surface area contributed by atoms with E-state index in [1.807, 2.05) is 42.0 Å². The molecule has 1 rings (SSSR count). The SMILES string of the molecule is CCOc1ccccc1.NS(=O)(=O)NCCCO. The van der Waals surface area contributed by atoms with Gasteiger partial charge in [0.05, 0.1) is 6.61 Å². The number of para-hydroxylation sites is 1. The van der Waals surface area contributed by atoms with E-state index < -0.39 is 10.2 Å². The lowest BCUT2D eigenvalue weighted by Crippen LogP contribution is -2.31. The molecular weight excluding hydrogens is 256 g/mol. The smallest absolute Gasteiger partial charge is 0.274 e. The zero-order valence-electron chi connectivity index (χ0n) is 10.4. The molecule has 0 aliphatic rings. The number of hydrogen-bond donors (Lipinski definition) is 3. The van der Waals surface area contributed by atoms with Crippen molar-refractivity contribution in [1.82, 2.24) is 4.72 Å². The van der Waals surface area contributed by atoms with Gasteiger partial charge in [0.15, 0.2) is 0 Å². The van der Waals surface area contributed by atoms with Gasteiger partial charge in [-0.1, -0.05) is 18.2 Å². The molecule has 0 heterocycles. The van der Waals surface area contributed by atoms with Crippen molar-refractivity contribution in [1.29, 1.82) is 0 Å². The van der Waals surface area contributed by atoms with E-state index in [-0.39, 0.29) is 13.2 Å². The van der Waals surface area contributed by atoms with Crippen LogP contribution >= 0.6 is 0 Å². The van der Waals surface area contributed by atoms with E-state index in [0.29, 0.717) is 6.42 Å². The second-order valence-electron chi connectivity index (χ2n) is 3.26. The summed E-state index contributed by atoms with van der Waals surface area (Å²) in [6.45, 7) is 2.87. The first-order valence-electron chi connectivity index (χ1n) is 5.55. The first-order chi connectivity index (χ1) is 8.49. The number of hydrogen-bond acceptors (Lipinski definition) is 4. The molecule has 4 N–H and O–H groups in total. The summed E-state index contributed by atoms with van der Waals surface area (Å²) >= 11 is 0. The van der Waals surface area contributed by atoms with Gasteiger partial charge in [0.25, 0.3) is 10.2 Å². The van der Waals surface area contributed by atoms with Crippen LogP contribution in [0.4, 0.5) is 0 Å². The normalized spacial score (nSPS) is 10.4. The molecule has 0 aliphatic carbocycles. The number of nitrogens with two attached hydrogens (primary N) is 1. The first kappa shape index (κ1) is 16.9. The summed E-state index contributed by atoms with van der Waals surface area (Å²) in [5, 5.41) is 12.7. The Hall–Kier alpha value is -1.15. The van der Waals surface area contributed by atoms with Crippen LogP contribution in [0.25, 0.3) is 0 Å². The summed E-state index contributed by atoms with van der Waals surface area (Å²) in [6, 6.07) is 9.80. The van der Waals surface area contributed by atoms with Gasteiger partial charge in [0.2, 0.25) is 0 Å². The van der Waals surface area contributed by atoms with Gasteiger partial charge in [0, 0.05) is 13.2 Å². The molecule has 0 amide bonds. The third kappa shape index (κ3) is 11.3.